The number of alkyl carbamates (subject to hydrolysis) is 1. The molecule has 1 aliphatic rings. The third-order valence-corrected chi connectivity index (χ3v) is 3.97. The number of halogens is 3. The lowest BCUT2D eigenvalue weighted by atomic mass is 10.2. The molecule has 0 saturated carbocycles. The predicted molar refractivity (Wildman–Crippen MR) is 118 cm³/mol. The number of hydrogen-bond acceptors (Lipinski definition) is 4. The highest BCUT2D eigenvalue weighted by molar-refractivity contribution is 14.0. The monoisotopic (exact) mass is 526 g/mol. The molecule has 7 nitrogen and oxygen atoms in total. The molecule has 29 heavy (non-hydrogen) atoms. The zero-order valence-corrected chi connectivity index (χ0v) is 19.5. The number of rotatable bonds is 5. The SMILES string of the molecule is CN=C(NCCOc1ccc(F)c(F)c1)N1CCC(NC(=O)OC(C)(C)C)C1.I. The summed E-state index contributed by atoms with van der Waals surface area (Å²) in [4.78, 5) is 18.2. The Morgan fingerprint density at radius 2 is 2.03 bits per heavy atom. The smallest absolute Gasteiger partial charge is 0.407 e. The predicted octanol–water partition coefficient (Wildman–Crippen LogP) is 3.14. The highest BCUT2D eigenvalue weighted by atomic mass is 127. The van der Waals surface area contributed by atoms with Gasteiger partial charge in [0.2, 0.25) is 0 Å². The molecule has 1 amide bonds. The van der Waals surface area contributed by atoms with Crippen LogP contribution >= 0.6 is 24.0 Å². The number of hydrogen-bond donors (Lipinski definition) is 2. The van der Waals surface area contributed by atoms with E-state index in [1.54, 1.807) is 7.05 Å². The zero-order valence-electron chi connectivity index (χ0n) is 17.1. The second-order valence-corrected chi connectivity index (χ2v) is 7.48. The Morgan fingerprint density at radius 1 is 1.31 bits per heavy atom. The summed E-state index contributed by atoms with van der Waals surface area (Å²) in [6.45, 7) is 7.52. The molecule has 10 heteroatoms. The van der Waals surface area contributed by atoms with Crippen LogP contribution in [-0.4, -0.2) is 61.9 Å². The molecule has 1 heterocycles. The molecule has 1 aromatic carbocycles. The van der Waals surface area contributed by atoms with Crippen molar-refractivity contribution in [2.24, 2.45) is 4.99 Å². The fourth-order valence-electron chi connectivity index (χ4n) is 2.78. The van der Waals surface area contributed by atoms with E-state index in [1.807, 2.05) is 25.7 Å². The van der Waals surface area contributed by atoms with Gasteiger partial charge in [-0.25, -0.2) is 13.6 Å². The number of benzene rings is 1. The van der Waals surface area contributed by atoms with E-state index in [2.05, 4.69) is 15.6 Å². The van der Waals surface area contributed by atoms with Crippen molar-refractivity contribution in [3.8, 4) is 5.75 Å². The quantitative estimate of drug-likeness (QED) is 0.267. The fraction of sp³-hybridized carbons (Fsp3) is 0.579. The zero-order chi connectivity index (χ0) is 20.7. The Balaban J connectivity index is 0.00000420. The molecule has 164 valence electrons. The Morgan fingerprint density at radius 3 is 2.66 bits per heavy atom. The van der Waals surface area contributed by atoms with Gasteiger partial charge >= 0.3 is 6.09 Å². The first-order chi connectivity index (χ1) is 13.2. The average Bonchev–Trinajstić information content (AvgIpc) is 3.04. The average molecular weight is 526 g/mol. The van der Waals surface area contributed by atoms with Gasteiger partial charge in [-0.3, -0.25) is 4.99 Å². The molecule has 1 saturated heterocycles. The highest BCUT2D eigenvalue weighted by Crippen LogP contribution is 2.15. The number of amides is 1. The van der Waals surface area contributed by atoms with Gasteiger partial charge < -0.3 is 25.0 Å². The largest absolute Gasteiger partial charge is 0.492 e. The molecule has 0 spiro atoms. The van der Waals surface area contributed by atoms with Crippen LogP contribution in [-0.2, 0) is 4.74 Å². The fourth-order valence-corrected chi connectivity index (χ4v) is 2.78. The van der Waals surface area contributed by atoms with E-state index >= 15 is 0 Å². The van der Waals surface area contributed by atoms with Crippen molar-refractivity contribution in [2.45, 2.75) is 38.8 Å². The Labute approximate surface area is 187 Å². The van der Waals surface area contributed by atoms with Crippen LogP contribution in [0.25, 0.3) is 0 Å². The lowest BCUT2D eigenvalue weighted by Crippen LogP contribution is -2.44. The molecular formula is C19H29F2IN4O3. The number of nitrogens with one attached hydrogen (secondary N) is 2. The van der Waals surface area contributed by atoms with Gasteiger partial charge in [0.1, 0.15) is 18.0 Å². The molecule has 1 aliphatic heterocycles. The molecule has 1 atom stereocenters. The Kier molecular flexibility index (Phi) is 9.87. The first-order valence-corrected chi connectivity index (χ1v) is 9.21. The Hall–Kier alpha value is -1.85. The molecule has 2 rings (SSSR count). The first-order valence-electron chi connectivity index (χ1n) is 9.21. The molecule has 2 N–H and O–H groups in total. The van der Waals surface area contributed by atoms with Gasteiger partial charge in [0.25, 0.3) is 0 Å². The summed E-state index contributed by atoms with van der Waals surface area (Å²) in [5.41, 5.74) is -0.534. The van der Waals surface area contributed by atoms with Crippen LogP contribution in [0.3, 0.4) is 0 Å². The summed E-state index contributed by atoms with van der Waals surface area (Å²) in [5.74, 6) is -0.905. The van der Waals surface area contributed by atoms with Crippen LogP contribution in [0.2, 0.25) is 0 Å². The van der Waals surface area contributed by atoms with Crippen LogP contribution in [0.4, 0.5) is 13.6 Å². The van der Waals surface area contributed by atoms with Crippen molar-refractivity contribution in [3.63, 3.8) is 0 Å². The van der Waals surface area contributed by atoms with E-state index in [0.29, 0.717) is 19.0 Å². The summed E-state index contributed by atoms with van der Waals surface area (Å²) in [6, 6.07) is 3.39. The number of nitrogens with zero attached hydrogens (tertiary/aromatic N) is 2. The van der Waals surface area contributed by atoms with Crippen molar-refractivity contribution in [1.29, 1.82) is 0 Å². The summed E-state index contributed by atoms with van der Waals surface area (Å²) >= 11 is 0. The standard InChI is InChI=1S/C19H28F2N4O3.HI/c1-19(2,3)28-18(26)24-13-7-9-25(12-13)17(22-4)23-8-10-27-14-5-6-15(20)16(21)11-14;/h5-6,11,13H,7-10,12H2,1-4H3,(H,22,23)(H,24,26);1H. The highest BCUT2D eigenvalue weighted by Gasteiger charge is 2.27. The number of carbonyl (C=O) groups is 1. The van der Waals surface area contributed by atoms with E-state index in [4.69, 9.17) is 9.47 Å². The molecule has 0 bridgehead atoms. The van der Waals surface area contributed by atoms with E-state index < -0.39 is 23.3 Å². The van der Waals surface area contributed by atoms with Crippen LogP contribution < -0.4 is 15.4 Å². The molecule has 0 aliphatic carbocycles. The van der Waals surface area contributed by atoms with Crippen LogP contribution in [0.1, 0.15) is 27.2 Å². The van der Waals surface area contributed by atoms with Crippen molar-refractivity contribution >= 4 is 36.0 Å². The first kappa shape index (κ1) is 25.2. The molecule has 1 unspecified atom stereocenters. The summed E-state index contributed by atoms with van der Waals surface area (Å²) in [7, 11) is 1.67. The number of ether oxygens (including phenoxy) is 2. The lowest BCUT2D eigenvalue weighted by Gasteiger charge is -2.23. The van der Waals surface area contributed by atoms with Crippen LogP contribution in [0.5, 0.6) is 5.75 Å². The number of guanidine groups is 1. The third kappa shape index (κ3) is 8.58. The number of carbonyl (C=O) groups excluding carboxylic acids is 1. The molecule has 0 aromatic heterocycles. The minimum atomic E-state index is -0.943. The molecular weight excluding hydrogens is 497 g/mol. The maximum atomic E-state index is 13.2. The minimum Gasteiger partial charge on any atom is -0.492 e. The van der Waals surface area contributed by atoms with E-state index in [1.165, 1.54) is 6.07 Å². The van der Waals surface area contributed by atoms with Crippen molar-refractivity contribution in [3.05, 3.63) is 29.8 Å². The van der Waals surface area contributed by atoms with E-state index in [9.17, 15) is 13.6 Å². The summed E-state index contributed by atoms with van der Waals surface area (Å²) in [6.07, 6.45) is 0.355. The summed E-state index contributed by atoms with van der Waals surface area (Å²) < 4.78 is 36.7. The van der Waals surface area contributed by atoms with Gasteiger partial charge in [0.05, 0.1) is 12.6 Å². The van der Waals surface area contributed by atoms with Crippen molar-refractivity contribution < 1.29 is 23.0 Å². The van der Waals surface area contributed by atoms with Crippen molar-refractivity contribution in [2.75, 3.05) is 33.3 Å². The van der Waals surface area contributed by atoms with Gasteiger partial charge in [0.15, 0.2) is 17.6 Å². The third-order valence-electron chi connectivity index (χ3n) is 3.97. The maximum absolute atomic E-state index is 13.2. The van der Waals surface area contributed by atoms with E-state index in [0.717, 1.165) is 25.1 Å². The normalized spacial score (nSPS) is 16.8. The molecule has 1 fully saturated rings. The number of aliphatic imine (C=N–C) groups is 1. The second kappa shape index (κ2) is 11.4. The second-order valence-electron chi connectivity index (χ2n) is 7.48. The van der Waals surface area contributed by atoms with Gasteiger partial charge in [-0.2, -0.15) is 0 Å². The molecule has 0 radical (unpaired) electrons. The van der Waals surface area contributed by atoms with Crippen molar-refractivity contribution in [1.82, 2.24) is 15.5 Å². The van der Waals surface area contributed by atoms with Gasteiger partial charge in [-0.15, -0.1) is 24.0 Å². The van der Waals surface area contributed by atoms with Crippen LogP contribution in [0, 0.1) is 11.6 Å². The topological polar surface area (TPSA) is 75.2 Å². The van der Waals surface area contributed by atoms with Gasteiger partial charge in [-0.1, -0.05) is 0 Å². The lowest BCUT2D eigenvalue weighted by molar-refractivity contribution is 0.0507. The molecule has 1 aromatic rings. The Bertz CT molecular complexity index is 713. The summed E-state index contributed by atoms with van der Waals surface area (Å²) in [5, 5.41) is 6.03. The minimum absolute atomic E-state index is 0. The van der Waals surface area contributed by atoms with Gasteiger partial charge in [0, 0.05) is 26.2 Å². The van der Waals surface area contributed by atoms with Crippen LogP contribution in [0.15, 0.2) is 23.2 Å². The maximum Gasteiger partial charge on any atom is 0.407 e. The van der Waals surface area contributed by atoms with Gasteiger partial charge in [-0.05, 0) is 39.3 Å². The van der Waals surface area contributed by atoms with E-state index in [-0.39, 0.29) is 42.4 Å². The number of likely N-dealkylation sites (tertiary alicyclic amines) is 1.